The van der Waals surface area contributed by atoms with Crippen molar-refractivity contribution in [2.45, 2.75) is 45.1 Å². The molecule has 2 aliphatic heterocycles. The van der Waals surface area contributed by atoms with Crippen LogP contribution in [0.25, 0.3) is 0 Å². The van der Waals surface area contributed by atoms with E-state index in [1.165, 1.54) is 19.3 Å². The topological polar surface area (TPSA) is 74.3 Å². The molecule has 2 N–H and O–H groups in total. The zero-order valence-corrected chi connectivity index (χ0v) is 13.4. The molecule has 6 heteroatoms. The van der Waals surface area contributed by atoms with Gasteiger partial charge in [-0.05, 0) is 43.2 Å². The maximum Gasteiger partial charge on any atom is 0.272 e. The first-order valence-electron chi connectivity index (χ1n) is 8.46. The lowest BCUT2D eigenvalue weighted by atomic mass is 9.67. The van der Waals surface area contributed by atoms with Crippen LogP contribution in [0.1, 0.15) is 49.5 Å². The summed E-state index contributed by atoms with van der Waals surface area (Å²) in [6.07, 6.45) is 5.91. The van der Waals surface area contributed by atoms with Gasteiger partial charge >= 0.3 is 0 Å². The van der Waals surface area contributed by atoms with Gasteiger partial charge < -0.3 is 15.5 Å². The number of pyridine rings is 1. The third kappa shape index (κ3) is 2.36. The lowest BCUT2D eigenvalue weighted by Gasteiger charge is -2.37. The van der Waals surface area contributed by atoms with Crippen molar-refractivity contribution < 1.29 is 9.59 Å². The van der Waals surface area contributed by atoms with E-state index in [9.17, 15) is 9.59 Å². The number of fused-ring (bicyclic) bond motifs is 1. The summed E-state index contributed by atoms with van der Waals surface area (Å²) < 4.78 is 0. The van der Waals surface area contributed by atoms with E-state index >= 15 is 0 Å². The molecule has 2 fully saturated rings. The molecule has 1 saturated heterocycles. The first kappa shape index (κ1) is 14.5. The number of carbonyl (C=O) groups is 2. The van der Waals surface area contributed by atoms with E-state index in [0.29, 0.717) is 28.7 Å². The van der Waals surface area contributed by atoms with Crippen LogP contribution in [-0.4, -0.2) is 40.8 Å². The second kappa shape index (κ2) is 5.22. The van der Waals surface area contributed by atoms with Gasteiger partial charge in [-0.1, -0.05) is 13.3 Å². The first-order valence-corrected chi connectivity index (χ1v) is 8.46. The molecule has 0 radical (unpaired) electrons. The van der Waals surface area contributed by atoms with Crippen molar-refractivity contribution in [1.29, 1.82) is 0 Å². The largest absolute Gasteiger partial charge is 0.359 e. The summed E-state index contributed by atoms with van der Waals surface area (Å²) in [6.45, 7) is 3.22. The third-order valence-corrected chi connectivity index (χ3v) is 5.57. The van der Waals surface area contributed by atoms with Gasteiger partial charge in [0.05, 0.1) is 12.2 Å². The van der Waals surface area contributed by atoms with Crippen LogP contribution in [0.5, 0.6) is 0 Å². The summed E-state index contributed by atoms with van der Waals surface area (Å²) in [6, 6.07) is 3.80. The summed E-state index contributed by atoms with van der Waals surface area (Å²) in [5, 5.41) is 5.73. The lowest BCUT2D eigenvalue weighted by Crippen LogP contribution is -2.38. The molecule has 4 rings (SSSR count). The van der Waals surface area contributed by atoms with Crippen molar-refractivity contribution >= 4 is 23.3 Å². The van der Waals surface area contributed by atoms with Crippen LogP contribution in [0, 0.1) is 5.41 Å². The van der Waals surface area contributed by atoms with Crippen LogP contribution in [0.2, 0.25) is 0 Å². The third-order valence-electron chi connectivity index (χ3n) is 5.57. The van der Waals surface area contributed by atoms with Crippen LogP contribution in [0.3, 0.4) is 0 Å². The minimum absolute atomic E-state index is 0.0159. The second-order valence-corrected chi connectivity index (χ2v) is 7.05. The zero-order chi connectivity index (χ0) is 16.0. The van der Waals surface area contributed by atoms with E-state index in [2.05, 4.69) is 22.5 Å². The second-order valence-electron chi connectivity index (χ2n) is 7.05. The predicted molar refractivity (Wildman–Crippen MR) is 87.4 cm³/mol. The molecule has 1 aromatic heterocycles. The van der Waals surface area contributed by atoms with Crippen LogP contribution >= 0.6 is 0 Å². The highest BCUT2D eigenvalue weighted by Crippen LogP contribution is 2.51. The molecule has 0 bridgehead atoms. The Morgan fingerprint density at radius 2 is 2.26 bits per heavy atom. The number of hydrogen-bond acceptors (Lipinski definition) is 4. The van der Waals surface area contributed by atoms with Gasteiger partial charge in [-0.3, -0.25) is 9.59 Å². The van der Waals surface area contributed by atoms with Crippen molar-refractivity contribution in [3.8, 4) is 0 Å². The van der Waals surface area contributed by atoms with Gasteiger partial charge in [-0.2, -0.15) is 0 Å². The number of anilines is 2. The number of nitrogens with zero attached hydrogens (tertiary/aromatic N) is 2. The SMILES string of the molecule is CCC1CC2(CCC2)CN1C(=O)c1ccc2c(n1)NCC(=O)N2. The van der Waals surface area contributed by atoms with Crippen molar-refractivity contribution in [3.05, 3.63) is 17.8 Å². The zero-order valence-electron chi connectivity index (χ0n) is 13.4. The Labute approximate surface area is 135 Å². The molecule has 3 heterocycles. The highest BCUT2D eigenvalue weighted by molar-refractivity contribution is 6.01. The quantitative estimate of drug-likeness (QED) is 0.878. The minimum Gasteiger partial charge on any atom is -0.359 e. The smallest absolute Gasteiger partial charge is 0.272 e. The number of nitrogens with one attached hydrogen (secondary N) is 2. The van der Waals surface area contributed by atoms with Gasteiger partial charge in [-0.15, -0.1) is 0 Å². The molecule has 2 amide bonds. The minimum atomic E-state index is -0.0871. The molecule has 6 nitrogen and oxygen atoms in total. The maximum absolute atomic E-state index is 12.9. The molecule has 1 atom stereocenters. The maximum atomic E-state index is 12.9. The van der Waals surface area contributed by atoms with E-state index in [1.807, 2.05) is 4.90 Å². The summed E-state index contributed by atoms with van der Waals surface area (Å²) in [4.78, 5) is 30.8. The normalized spacial score (nSPS) is 24.7. The number of rotatable bonds is 2. The molecular weight excluding hydrogens is 292 g/mol. The number of likely N-dealkylation sites (tertiary alicyclic amines) is 1. The van der Waals surface area contributed by atoms with Crippen molar-refractivity contribution in [2.75, 3.05) is 23.7 Å². The summed E-state index contributed by atoms with van der Waals surface area (Å²) >= 11 is 0. The molecule has 1 aromatic rings. The fourth-order valence-electron chi connectivity index (χ4n) is 4.13. The van der Waals surface area contributed by atoms with Crippen molar-refractivity contribution in [2.24, 2.45) is 5.41 Å². The fraction of sp³-hybridized carbons (Fsp3) is 0.588. The van der Waals surface area contributed by atoms with Gasteiger partial charge in [0.25, 0.3) is 5.91 Å². The van der Waals surface area contributed by atoms with E-state index in [-0.39, 0.29) is 18.4 Å². The van der Waals surface area contributed by atoms with Gasteiger partial charge in [0, 0.05) is 12.6 Å². The van der Waals surface area contributed by atoms with Crippen LogP contribution in [0.15, 0.2) is 12.1 Å². The van der Waals surface area contributed by atoms with Gasteiger partial charge in [0.1, 0.15) is 5.69 Å². The monoisotopic (exact) mass is 314 g/mol. The van der Waals surface area contributed by atoms with Crippen LogP contribution in [-0.2, 0) is 4.79 Å². The number of hydrogen-bond donors (Lipinski definition) is 2. The van der Waals surface area contributed by atoms with Crippen molar-refractivity contribution in [3.63, 3.8) is 0 Å². The van der Waals surface area contributed by atoms with Crippen molar-refractivity contribution in [1.82, 2.24) is 9.88 Å². The van der Waals surface area contributed by atoms with E-state index in [4.69, 9.17) is 0 Å². The Balaban J connectivity index is 1.58. The standard InChI is InChI=1S/C17H22N4O2/c1-2-11-8-17(6-3-7-17)10-21(11)16(23)13-5-4-12-15(20-13)18-9-14(22)19-12/h4-5,11H,2-3,6-10H2,1H3,(H,18,20)(H,19,22). The molecule has 0 aromatic carbocycles. The Morgan fingerprint density at radius 1 is 1.43 bits per heavy atom. The Kier molecular flexibility index (Phi) is 3.28. The summed E-state index contributed by atoms with van der Waals surface area (Å²) in [5.74, 6) is 0.513. The van der Waals surface area contributed by atoms with Gasteiger partial charge in [0.2, 0.25) is 5.91 Å². The number of carbonyl (C=O) groups excluding carboxylic acids is 2. The number of aromatic nitrogens is 1. The van der Waals surface area contributed by atoms with E-state index in [1.54, 1.807) is 12.1 Å². The molecule has 122 valence electrons. The summed E-state index contributed by atoms with van der Waals surface area (Å²) in [5.41, 5.74) is 1.47. The first-order chi connectivity index (χ1) is 11.1. The molecule has 1 aliphatic carbocycles. The van der Waals surface area contributed by atoms with Crippen LogP contribution < -0.4 is 10.6 Å². The Bertz CT molecular complexity index is 669. The molecule has 23 heavy (non-hydrogen) atoms. The highest BCUT2D eigenvalue weighted by atomic mass is 16.2. The highest BCUT2D eigenvalue weighted by Gasteiger charge is 2.48. The molecular formula is C17H22N4O2. The fourth-order valence-corrected chi connectivity index (χ4v) is 4.13. The predicted octanol–water partition coefficient (Wildman–Crippen LogP) is 2.24. The van der Waals surface area contributed by atoms with Gasteiger partial charge in [0.15, 0.2) is 5.82 Å². The van der Waals surface area contributed by atoms with Crippen LogP contribution in [0.4, 0.5) is 11.5 Å². The number of amides is 2. The Morgan fingerprint density at radius 3 is 2.96 bits per heavy atom. The van der Waals surface area contributed by atoms with Gasteiger partial charge in [-0.25, -0.2) is 4.98 Å². The average Bonchev–Trinajstić information content (AvgIpc) is 2.94. The Hall–Kier alpha value is -2.11. The molecule has 1 unspecified atom stereocenters. The molecule has 3 aliphatic rings. The van der Waals surface area contributed by atoms with E-state index < -0.39 is 0 Å². The lowest BCUT2D eigenvalue weighted by molar-refractivity contribution is -0.114. The molecule has 1 saturated carbocycles. The molecule has 1 spiro atoms. The summed E-state index contributed by atoms with van der Waals surface area (Å²) in [7, 11) is 0. The van der Waals surface area contributed by atoms with E-state index in [0.717, 1.165) is 19.4 Å². The average molecular weight is 314 g/mol.